The van der Waals surface area contributed by atoms with Crippen molar-refractivity contribution in [2.45, 2.75) is 13.1 Å². The summed E-state index contributed by atoms with van der Waals surface area (Å²) in [6.07, 6.45) is 1.64. The summed E-state index contributed by atoms with van der Waals surface area (Å²) in [5.41, 5.74) is 2.79. The SMILES string of the molecule is O=Cc1cc(Br)c2c(c1)CN(C=O)C2. The largest absolute Gasteiger partial charge is 0.337 e. The van der Waals surface area contributed by atoms with Crippen LogP contribution >= 0.6 is 15.9 Å². The first-order valence-electron chi connectivity index (χ1n) is 4.20. The van der Waals surface area contributed by atoms with Crippen LogP contribution in [-0.2, 0) is 17.9 Å². The molecule has 0 atom stereocenters. The second kappa shape index (κ2) is 3.53. The van der Waals surface area contributed by atoms with E-state index in [1.54, 1.807) is 11.0 Å². The minimum absolute atomic E-state index is 0.596. The van der Waals surface area contributed by atoms with E-state index >= 15 is 0 Å². The molecule has 2 rings (SSSR count). The molecule has 0 aliphatic carbocycles. The molecule has 0 radical (unpaired) electrons. The molecule has 1 aliphatic heterocycles. The molecule has 0 bridgehead atoms. The van der Waals surface area contributed by atoms with Crippen molar-refractivity contribution in [3.05, 3.63) is 33.3 Å². The van der Waals surface area contributed by atoms with Gasteiger partial charge in [-0.2, -0.15) is 0 Å². The van der Waals surface area contributed by atoms with Gasteiger partial charge in [0, 0.05) is 23.1 Å². The molecule has 14 heavy (non-hydrogen) atoms. The van der Waals surface area contributed by atoms with Crippen molar-refractivity contribution in [2.75, 3.05) is 0 Å². The van der Waals surface area contributed by atoms with Crippen LogP contribution in [0, 0.1) is 0 Å². The number of benzene rings is 1. The molecule has 0 fully saturated rings. The van der Waals surface area contributed by atoms with E-state index in [0.717, 1.165) is 28.3 Å². The first-order valence-corrected chi connectivity index (χ1v) is 4.99. The van der Waals surface area contributed by atoms with Gasteiger partial charge in [-0.1, -0.05) is 15.9 Å². The van der Waals surface area contributed by atoms with Gasteiger partial charge in [0.25, 0.3) is 0 Å². The summed E-state index contributed by atoms with van der Waals surface area (Å²) in [6, 6.07) is 3.61. The Kier molecular flexibility index (Phi) is 2.37. The van der Waals surface area contributed by atoms with Gasteiger partial charge in [0.1, 0.15) is 6.29 Å². The van der Waals surface area contributed by atoms with Gasteiger partial charge < -0.3 is 4.90 Å². The summed E-state index contributed by atoms with van der Waals surface area (Å²) in [4.78, 5) is 22.9. The van der Waals surface area contributed by atoms with Crippen LogP contribution in [-0.4, -0.2) is 17.6 Å². The Bertz CT molecular complexity index is 403. The second-order valence-electron chi connectivity index (χ2n) is 3.27. The van der Waals surface area contributed by atoms with Crippen molar-refractivity contribution in [3.63, 3.8) is 0 Å². The van der Waals surface area contributed by atoms with E-state index in [1.165, 1.54) is 0 Å². The smallest absolute Gasteiger partial charge is 0.210 e. The van der Waals surface area contributed by atoms with Crippen LogP contribution in [0.4, 0.5) is 0 Å². The van der Waals surface area contributed by atoms with Crippen LogP contribution in [0.15, 0.2) is 16.6 Å². The highest BCUT2D eigenvalue weighted by molar-refractivity contribution is 9.10. The molecule has 3 nitrogen and oxygen atoms in total. The lowest BCUT2D eigenvalue weighted by molar-refractivity contribution is -0.118. The summed E-state index contributed by atoms with van der Waals surface area (Å²) >= 11 is 3.39. The van der Waals surface area contributed by atoms with Crippen molar-refractivity contribution in [1.82, 2.24) is 4.90 Å². The van der Waals surface area contributed by atoms with Crippen LogP contribution in [0.1, 0.15) is 21.5 Å². The molecule has 72 valence electrons. The number of amides is 1. The number of hydrogen-bond donors (Lipinski definition) is 0. The van der Waals surface area contributed by atoms with Crippen LogP contribution in [0.3, 0.4) is 0 Å². The molecule has 0 aromatic heterocycles. The van der Waals surface area contributed by atoms with E-state index in [2.05, 4.69) is 15.9 Å². The predicted octanol–water partition coefficient (Wildman–Crippen LogP) is 1.73. The summed E-state index contributed by atoms with van der Waals surface area (Å²) < 4.78 is 0.904. The third-order valence-corrected chi connectivity index (χ3v) is 3.04. The summed E-state index contributed by atoms with van der Waals surface area (Å²) in [5.74, 6) is 0. The first kappa shape index (κ1) is 9.40. The minimum atomic E-state index is 0.596. The minimum Gasteiger partial charge on any atom is -0.337 e. The molecule has 0 unspecified atom stereocenters. The van der Waals surface area contributed by atoms with E-state index in [1.807, 2.05) is 6.07 Å². The van der Waals surface area contributed by atoms with Gasteiger partial charge in [0.2, 0.25) is 6.41 Å². The number of carbonyl (C=O) groups is 2. The Hall–Kier alpha value is -1.16. The third kappa shape index (κ3) is 1.46. The predicted molar refractivity (Wildman–Crippen MR) is 54.8 cm³/mol. The van der Waals surface area contributed by atoms with Crippen molar-refractivity contribution in [3.8, 4) is 0 Å². The number of nitrogens with zero attached hydrogens (tertiary/aromatic N) is 1. The fraction of sp³-hybridized carbons (Fsp3) is 0.200. The van der Waals surface area contributed by atoms with E-state index in [0.29, 0.717) is 18.7 Å². The van der Waals surface area contributed by atoms with E-state index in [4.69, 9.17) is 0 Å². The number of fused-ring (bicyclic) bond motifs is 1. The molecule has 0 saturated carbocycles. The lowest BCUT2D eigenvalue weighted by Gasteiger charge is -2.04. The Morgan fingerprint density at radius 1 is 1.29 bits per heavy atom. The maximum Gasteiger partial charge on any atom is 0.210 e. The average molecular weight is 254 g/mol. The van der Waals surface area contributed by atoms with Crippen molar-refractivity contribution in [2.24, 2.45) is 0 Å². The van der Waals surface area contributed by atoms with E-state index < -0.39 is 0 Å². The van der Waals surface area contributed by atoms with Crippen molar-refractivity contribution >= 4 is 28.6 Å². The first-order chi connectivity index (χ1) is 6.74. The molecular formula is C10H8BrNO2. The monoisotopic (exact) mass is 253 g/mol. The fourth-order valence-corrected chi connectivity index (χ4v) is 2.30. The highest BCUT2D eigenvalue weighted by Gasteiger charge is 2.20. The molecule has 4 heteroatoms. The Labute approximate surface area is 89.8 Å². The third-order valence-electron chi connectivity index (χ3n) is 2.33. The maximum absolute atomic E-state index is 10.6. The highest BCUT2D eigenvalue weighted by Crippen LogP contribution is 2.29. The standard InChI is InChI=1S/C10H8BrNO2/c11-10-2-7(5-13)1-8-3-12(6-14)4-9(8)10/h1-2,5-6H,3-4H2. The Balaban J connectivity index is 2.46. The number of aldehydes is 1. The number of rotatable bonds is 2. The topological polar surface area (TPSA) is 37.4 Å². The number of carbonyl (C=O) groups excluding carboxylic acids is 2. The van der Waals surface area contributed by atoms with Gasteiger partial charge in [-0.05, 0) is 23.3 Å². The number of hydrogen-bond acceptors (Lipinski definition) is 2. The molecule has 1 aliphatic rings. The molecule has 0 saturated heterocycles. The molecule has 1 amide bonds. The lowest BCUT2D eigenvalue weighted by Crippen LogP contribution is -2.12. The molecule has 0 N–H and O–H groups in total. The zero-order valence-corrected chi connectivity index (χ0v) is 8.95. The summed E-state index contributed by atoms with van der Waals surface area (Å²) in [5, 5.41) is 0. The quantitative estimate of drug-likeness (QED) is 0.754. The zero-order chi connectivity index (χ0) is 10.1. The van der Waals surface area contributed by atoms with E-state index in [9.17, 15) is 9.59 Å². The van der Waals surface area contributed by atoms with Gasteiger partial charge in [-0.3, -0.25) is 9.59 Å². The van der Waals surface area contributed by atoms with Crippen molar-refractivity contribution < 1.29 is 9.59 Å². The van der Waals surface area contributed by atoms with E-state index in [-0.39, 0.29) is 0 Å². The summed E-state index contributed by atoms with van der Waals surface area (Å²) in [6.45, 7) is 1.22. The average Bonchev–Trinajstić information content (AvgIpc) is 2.61. The fourth-order valence-electron chi connectivity index (χ4n) is 1.66. The second-order valence-corrected chi connectivity index (χ2v) is 4.12. The lowest BCUT2D eigenvalue weighted by atomic mass is 10.1. The van der Waals surface area contributed by atoms with Gasteiger partial charge in [-0.25, -0.2) is 0 Å². The van der Waals surface area contributed by atoms with Gasteiger partial charge in [0.15, 0.2) is 0 Å². The Morgan fingerprint density at radius 2 is 2.07 bits per heavy atom. The van der Waals surface area contributed by atoms with Gasteiger partial charge in [0.05, 0.1) is 0 Å². The Morgan fingerprint density at radius 3 is 2.71 bits per heavy atom. The van der Waals surface area contributed by atoms with Gasteiger partial charge in [-0.15, -0.1) is 0 Å². The van der Waals surface area contributed by atoms with Crippen LogP contribution in [0.25, 0.3) is 0 Å². The van der Waals surface area contributed by atoms with Crippen molar-refractivity contribution in [1.29, 1.82) is 0 Å². The molecule has 0 spiro atoms. The normalized spacial score (nSPS) is 13.9. The highest BCUT2D eigenvalue weighted by atomic mass is 79.9. The zero-order valence-electron chi connectivity index (χ0n) is 7.37. The van der Waals surface area contributed by atoms with Crippen LogP contribution < -0.4 is 0 Å². The molecular weight excluding hydrogens is 246 g/mol. The molecule has 1 aromatic rings. The van der Waals surface area contributed by atoms with Gasteiger partial charge >= 0.3 is 0 Å². The van der Waals surface area contributed by atoms with Crippen LogP contribution in [0.5, 0.6) is 0 Å². The maximum atomic E-state index is 10.6. The summed E-state index contributed by atoms with van der Waals surface area (Å²) in [7, 11) is 0. The number of halogens is 1. The molecule has 1 heterocycles. The molecule has 1 aromatic carbocycles. The van der Waals surface area contributed by atoms with Crippen LogP contribution in [0.2, 0.25) is 0 Å².